The minimum absolute atomic E-state index is 0.0336. The highest BCUT2D eigenvalue weighted by molar-refractivity contribution is 9.10. The Morgan fingerprint density at radius 2 is 2.18 bits per heavy atom. The molecule has 2 rings (SSSR count). The Kier molecular flexibility index (Phi) is 2.84. The number of aromatic nitrogens is 1. The molecule has 0 fully saturated rings. The average Bonchev–Trinajstić information content (AvgIpc) is 2.73. The number of carboxylic acids is 1. The Bertz CT molecular complexity index is 596. The van der Waals surface area contributed by atoms with Gasteiger partial charge in [-0.05, 0) is 28.1 Å². The molecule has 0 aliphatic heterocycles. The van der Waals surface area contributed by atoms with Crippen molar-refractivity contribution >= 4 is 21.9 Å². The van der Waals surface area contributed by atoms with E-state index in [1.807, 2.05) is 0 Å². The number of nitrogens with zero attached hydrogens (tertiary/aromatic N) is 1. The summed E-state index contributed by atoms with van der Waals surface area (Å²) < 4.78 is 18.1. The van der Waals surface area contributed by atoms with Gasteiger partial charge in [0.15, 0.2) is 11.6 Å². The van der Waals surface area contributed by atoms with Crippen LogP contribution in [0.5, 0.6) is 5.75 Å². The lowest BCUT2D eigenvalue weighted by Gasteiger charge is -2.03. The zero-order valence-electron chi connectivity index (χ0n) is 8.15. The van der Waals surface area contributed by atoms with Crippen LogP contribution < -0.4 is 0 Å². The topological polar surface area (TPSA) is 83.6 Å². The number of phenols is 1. The Labute approximate surface area is 103 Å². The van der Waals surface area contributed by atoms with E-state index in [-0.39, 0.29) is 11.3 Å². The van der Waals surface area contributed by atoms with Crippen molar-refractivity contribution in [3.63, 3.8) is 0 Å². The number of phenolic OH excluding ortho intramolecular Hbond substituents is 1. The summed E-state index contributed by atoms with van der Waals surface area (Å²) in [7, 11) is 0. The summed E-state index contributed by atoms with van der Waals surface area (Å²) in [6.07, 6.45) is 0. The first-order chi connectivity index (χ1) is 8.00. The molecule has 5 nitrogen and oxygen atoms in total. The van der Waals surface area contributed by atoms with Crippen molar-refractivity contribution in [3.05, 3.63) is 34.2 Å². The van der Waals surface area contributed by atoms with Gasteiger partial charge in [-0.2, -0.15) is 0 Å². The lowest BCUT2D eigenvalue weighted by Crippen LogP contribution is -1.91. The summed E-state index contributed by atoms with van der Waals surface area (Å²) in [6.45, 7) is 0. The standard InChI is InChI=1S/C10H5BrFNO4/c11-4-1-2-5(12)9(14)8(4)6-3-7(10(15)16)17-13-6/h1-3,14H,(H,15,16). The van der Waals surface area contributed by atoms with Crippen LogP contribution in [0, 0.1) is 5.82 Å². The number of aromatic hydroxyl groups is 1. The lowest BCUT2D eigenvalue weighted by atomic mass is 10.1. The summed E-state index contributed by atoms with van der Waals surface area (Å²) in [4.78, 5) is 10.6. The molecule has 88 valence electrons. The van der Waals surface area contributed by atoms with Crippen molar-refractivity contribution < 1.29 is 23.9 Å². The summed E-state index contributed by atoms with van der Waals surface area (Å²) in [5, 5.41) is 21.7. The molecule has 0 amide bonds. The Morgan fingerprint density at radius 1 is 1.47 bits per heavy atom. The molecule has 0 aliphatic carbocycles. The molecule has 0 aliphatic rings. The second kappa shape index (κ2) is 4.17. The van der Waals surface area contributed by atoms with E-state index < -0.39 is 23.3 Å². The highest BCUT2D eigenvalue weighted by Gasteiger charge is 2.19. The molecule has 7 heteroatoms. The summed E-state index contributed by atoms with van der Waals surface area (Å²) in [6, 6.07) is 3.54. The number of carbonyl (C=O) groups is 1. The van der Waals surface area contributed by atoms with Gasteiger partial charge in [-0.25, -0.2) is 9.18 Å². The predicted molar refractivity (Wildman–Crippen MR) is 58.2 cm³/mol. The number of carboxylic acid groups (broad SMARTS) is 1. The van der Waals surface area contributed by atoms with Crippen LogP contribution in [0.4, 0.5) is 4.39 Å². The first kappa shape index (κ1) is 11.6. The molecule has 17 heavy (non-hydrogen) atoms. The van der Waals surface area contributed by atoms with Gasteiger partial charge in [-0.15, -0.1) is 0 Å². The molecule has 0 spiro atoms. The second-order valence-electron chi connectivity index (χ2n) is 3.13. The van der Waals surface area contributed by atoms with E-state index in [0.29, 0.717) is 4.47 Å². The summed E-state index contributed by atoms with van der Waals surface area (Å²) in [5.74, 6) is -3.14. The van der Waals surface area contributed by atoms with Crippen LogP contribution in [0.1, 0.15) is 10.6 Å². The van der Waals surface area contributed by atoms with E-state index >= 15 is 0 Å². The van der Waals surface area contributed by atoms with E-state index in [1.165, 1.54) is 6.07 Å². The lowest BCUT2D eigenvalue weighted by molar-refractivity contribution is 0.0652. The Hall–Kier alpha value is -1.89. The minimum Gasteiger partial charge on any atom is -0.504 e. The van der Waals surface area contributed by atoms with Gasteiger partial charge in [0, 0.05) is 10.5 Å². The van der Waals surface area contributed by atoms with Crippen LogP contribution >= 0.6 is 15.9 Å². The molecule has 0 saturated carbocycles. The fourth-order valence-corrected chi connectivity index (χ4v) is 1.80. The number of benzene rings is 1. The third kappa shape index (κ3) is 2.01. The molecule has 1 aromatic carbocycles. The second-order valence-corrected chi connectivity index (χ2v) is 3.99. The SMILES string of the molecule is O=C(O)c1cc(-c2c(Br)ccc(F)c2O)no1. The van der Waals surface area contributed by atoms with Crippen LogP contribution in [0.25, 0.3) is 11.3 Å². The third-order valence-corrected chi connectivity index (χ3v) is 2.72. The molecule has 2 aromatic rings. The zero-order chi connectivity index (χ0) is 12.6. The van der Waals surface area contributed by atoms with E-state index in [2.05, 4.69) is 25.6 Å². The minimum atomic E-state index is -1.30. The molecule has 0 saturated heterocycles. The highest BCUT2D eigenvalue weighted by Crippen LogP contribution is 2.37. The van der Waals surface area contributed by atoms with E-state index in [4.69, 9.17) is 5.11 Å². The molecule has 1 aromatic heterocycles. The van der Waals surface area contributed by atoms with Gasteiger partial charge in [-0.3, -0.25) is 0 Å². The van der Waals surface area contributed by atoms with Gasteiger partial charge in [0.05, 0.1) is 5.56 Å². The van der Waals surface area contributed by atoms with Gasteiger partial charge in [0.1, 0.15) is 5.69 Å². The molecule has 0 atom stereocenters. The van der Waals surface area contributed by atoms with Crippen molar-refractivity contribution in [2.24, 2.45) is 0 Å². The normalized spacial score (nSPS) is 10.5. The van der Waals surface area contributed by atoms with Gasteiger partial charge in [0.2, 0.25) is 5.76 Å². The Morgan fingerprint density at radius 3 is 2.76 bits per heavy atom. The molecule has 1 heterocycles. The van der Waals surface area contributed by atoms with Crippen molar-refractivity contribution in [2.45, 2.75) is 0 Å². The van der Waals surface area contributed by atoms with Crippen LogP contribution in [0.2, 0.25) is 0 Å². The van der Waals surface area contributed by atoms with Crippen molar-refractivity contribution in [3.8, 4) is 17.0 Å². The van der Waals surface area contributed by atoms with Crippen LogP contribution in [-0.4, -0.2) is 21.3 Å². The maximum absolute atomic E-state index is 13.2. The molecule has 0 bridgehead atoms. The maximum atomic E-state index is 13.2. The van der Waals surface area contributed by atoms with Gasteiger partial charge in [-0.1, -0.05) is 5.16 Å². The largest absolute Gasteiger partial charge is 0.504 e. The number of hydrogen-bond donors (Lipinski definition) is 2. The van der Waals surface area contributed by atoms with E-state index in [0.717, 1.165) is 12.1 Å². The number of aromatic carboxylic acids is 1. The van der Waals surface area contributed by atoms with Crippen LogP contribution in [0.15, 0.2) is 27.2 Å². The first-order valence-electron chi connectivity index (χ1n) is 4.38. The molecule has 0 unspecified atom stereocenters. The third-order valence-electron chi connectivity index (χ3n) is 2.05. The van der Waals surface area contributed by atoms with Crippen LogP contribution in [0.3, 0.4) is 0 Å². The summed E-state index contributed by atoms with van der Waals surface area (Å²) in [5.41, 5.74) is 0.0764. The molecule has 2 N–H and O–H groups in total. The molecular formula is C10H5BrFNO4. The molecule has 0 radical (unpaired) electrons. The highest BCUT2D eigenvalue weighted by atomic mass is 79.9. The van der Waals surface area contributed by atoms with Crippen LogP contribution in [-0.2, 0) is 0 Å². The summed E-state index contributed by atoms with van der Waals surface area (Å²) >= 11 is 3.11. The first-order valence-corrected chi connectivity index (χ1v) is 5.17. The maximum Gasteiger partial charge on any atom is 0.374 e. The smallest absolute Gasteiger partial charge is 0.374 e. The van der Waals surface area contributed by atoms with Crippen molar-refractivity contribution in [1.82, 2.24) is 5.16 Å². The fourth-order valence-electron chi connectivity index (χ4n) is 1.28. The van der Waals surface area contributed by atoms with E-state index in [1.54, 1.807) is 0 Å². The van der Waals surface area contributed by atoms with Gasteiger partial charge < -0.3 is 14.7 Å². The van der Waals surface area contributed by atoms with Crippen molar-refractivity contribution in [1.29, 1.82) is 0 Å². The van der Waals surface area contributed by atoms with E-state index in [9.17, 15) is 14.3 Å². The number of hydrogen-bond acceptors (Lipinski definition) is 4. The molecular weight excluding hydrogens is 297 g/mol. The van der Waals surface area contributed by atoms with Gasteiger partial charge in [0.25, 0.3) is 0 Å². The number of halogens is 2. The van der Waals surface area contributed by atoms with Gasteiger partial charge >= 0.3 is 5.97 Å². The monoisotopic (exact) mass is 301 g/mol. The average molecular weight is 302 g/mol. The zero-order valence-corrected chi connectivity index (χ0v) is 9.73. The fraction of sp³-hybridized carbons (Fsp3) is 0. The quantitative estimate of drug-likeness (QED) is 0.891. The van der Waals surface area contributed by atoms with Crippen molar-refractivity contribution in [2.75, 3.05) is 0 Å². The Balaban J connectivity index is 2.60. The predicted octanol–water partition coefficient (Wildman–Crippen LogP) is 2.65. The number of rotatable bonds is 2.